The lowest BCUT2D eigenvalue weighted by Crippen LogP contribution is -2.29. The molecule has 23 heavy (non-hydrogen) atoms. The minimum absolute atomic E-state index is 0.0609. The van der Waals surface area contributed by atoms with Crippen molar-refractivity contribution in [2.45, 2.75) is 37.8 Å². The van der Waals surface area contributed by atoms with E-state index in [4.69, 9.17) is 16.3 Å². The first kappa shape index (κ1) is 17.7. The SMILES string of the molecule is COc1ccc(S(=O)(=O)N[C@H](C)c2nncn2C(C)C)cc1Cl. The smallest absolute Gasteiger partial charge is 0.241 e. The lowest BCUT2D eigenvalue weighted by Gasteiger charge is -2.17. The van der Waals surface area contributed by atoms with Crippen LogP contribution in [0, 0.1) is 0 Å². The molecule has 0 saturated heterocycles. The van der Waals surface area contributed by atoms with E-state index in [1.165, 1.54) is 25.3 Å². The fraction of sp³-hybridized carbons (Fsp3) is 0.429. The molecule has 0 fully saturated rings. The van der Waals surface area contributed by atoms with Gasteiger partial charge in [0.2, 0.25) is 10.0 Å². The molecule has 7 nitrogen and oxygen atoms in total. The number of sulfonamides is 1. The van der Waals surface area contributed by atoms with Gasteiger partial charge in [-0.15, -0.1) is 10.2 Å². The highest BCUT2D eigenvalue weighted by Gasteiger charge is 2.23. The molecule has 1 aromatic carbocycles. The van der Waals surface area contributed by atoms with Gasteiger partial charge in [-0.25, -0.2) is 13.1 Å². The summed E-state index contributed by atoms with van der Waals surface area (Å²) in [6, 6.07) is 3.89. The van der Waals surface area contributed by atoms with Crippen LogP contribution < -0.4 is 9.46 Å². The Labute approximate surface area is 140 Å². The molecule has 2 rings (SSSR count). The van der Waals surface area contributed by atoms with Crippen molar-refractivity contribution in [3.8, 4) is 5.75 Å². The number of ether oxygens (including phenoxy) is 1. The molecular formula is C14H19ClN4O3S. The number of nitrogens with one attached hydrogen (secondary N) is 1. The lowest BCUT2D eigenvalue weighted by atomic mass is 10.3. The summed E-state index contributed by atoms with van der Waals surface area (Å²) < 4.78 is 34.4. The second-order valence-corrected chi connectivity index (χ2v) is 7.45. The van der Waals surface area contributed by atoms with Gasteiger partial charge in [-0.1, -0.05) is 11.6 Å². The third kappa shape index (κ3) is 3.82. The van der Waals surface area contributed by atoms with Gasteiger partial charge in [0.1, 0.15) is 12.1 Å². The quantitative estimate of drug-likeness (QED) is 0.857. The molecule has 0 amide bonds. The van der Waals surface area contributed by atoms with Crippen molar-refractivity contribution in [2.24, 2.45) is 0 Å². The molecule has 0 aliphatic rings. The van der Waals surface area contributed by atoms with Gasteiger partial charge in [0, 0.05) is 6.04 Å². The molecule has 0 bridgehead atoms. The van der Waals surface area contributed by atoms with Gasteiger partial charge in [-0.3, -0.25) is 0 Å². The van der Waals surface area contributed by atoms with Crippen molar-refractivity contribution < 1.29 is 13.2 Å². The van der Waals surface area contributed by atoms with E-state index >= 15 is 0 Å². The van der Waals surface area contributed by atoms with Gasteiger partial charge in [-0.2, -0.15) is 0 Å². The van der Waals surface area contributed by atoms with Crippen LogP contribution in [0.2, 0.25) is 5.02 Å². The fourth-order valence-electron chi connectivity index (χ4n) is 2.13. The minimum Gasteiger partial charge on any atom is -0.495 e. The third-order valence-electron chi connectivity index (χ3n) is 3.31. The summed E-state index contributed by atoms with van der Waals surface area (Å²) in [6.07, 6.45) is 1.58. The van der Waals surface area contributed by atoms with Crippen molar-refractivity contribution in [3.63, 3.8) is 0 Å². The van der Waals surface area contributed by atoms with Crippen LogP contribution in [-0.2, 0) is 10.0 Å². The van der Waals surface area contributed by atoms with Crippen LogP contribution in [0.1, 0.15) is 38.7 Å². The average molecular weight is 359 g/mol. The first-order valence-corrected chi connectivity index (χ1v) is 8.87. The Hall–Kier alpha value is -1.64. The van der Waals surface area contributed by atoms with Crippen LogP contribution in [0.25, 0.3) is 0 Å². The first-order chi connectivity index (χ1) is 10.8. The van der Waals surface area contributed by atoms with Crippen LogP contribution in [-0.4, -0.2) is 30.3 Å². The molecule has 0 saturated carbocycles. The summed E-state index contributed by atoms with van der Waals surface area (Å²) in [4.78, 5) is 0.0609. The normalized spacial score (nSPS) is 13.3. The Balaban J connectivity index is 2.27. The van der Waals surface area contributed by atoms with Gasteiger partial charge in [0.15, 0.2) is 5.82 Å². The summed E-state index contributed by atoms with van der Waals surface area (Å²) in [5, 5.41) is 8.07. The van der Waals surface area contributed by atoms with E-state index < -0.39 is 16.1 Å². The highest BCUT2D eigenvalue weighted by atomic mass is 35.5. The molecule has 1 aromatic heterocycles. The maximum atomic E-state index is 12.5. The molecule has 0 unspecified atom stereocenters. The van der Waals surface area contributed by atoms with Crippen LogP contribution >= 0.6 is 11.6 Å². The van der Waals surface area contributed by atoms with Crippen molar-refractivity contribution in [1.29, 1.82) is 0 Å². The molecule has 1 heterocycles. The average Bonchev–Trinajstić information content (AvgIpc) is 2.96. The Morgan fingerprint density at radius 3 is 2.57 bits per heavy atom. The summed E-state index contributed by atoms with van der Waals surface area (Å²) in [5.74, 6) is 0.960. The predicted molar refractivity (Wildman–Crippen MR) is 87.1 cm³/mol. The molecule has 0 radical (unpaired) electrons. The second-order valence-electron chi connectivity index (χ2n) is 5.33. The summed E-state index contributed by atoms with van der Waals surface area (Å²) in [5.41, 5.74) is 0. The van der Waals surface area contributed by atoms with Crippen molar-refractivity contribution in [1.82, 2.24) is 19.5 Å². The summed E-state index contributed by atoms with van der Waals surface area (Å²) in [7, 11) is -2.28. The largest absolute Gasteiger partial charge is 0.495 e. The molecule has 1 atom stereocenters. The zero-order valence-corrected chi connectivity index (χ0v) is 14.9. The van der Waals surface area contributed by atoms with E-state index in [0.717, 1.165) is 0 Å². The van der Waals surface area contributed by atoms with Crippen LogP contribution in [0.5, 0.6) is 5.75 Å². The summed E-state index contributed by atoms with van der Waals surface area (Å²) in [6.45, 7) is 5.65. The van der Waals surface area contributed by atoms with Gasteiger partial charge in [0.05, 0.1) is 23.1 Å². The topological polar surface area (TPSA) is 86.1 Å². The lowest BCUT2D eigenvalue weighted by molar-refractivity contribution is 0.414. The number of hydrogen-bond donors (Lipinski definition) is 1. The molecule has 9 heteroatoms. The zero-order valence-electron chi connectivity index (χ0n) is 13.3. The number of benzene rings is 1. The van der Waals surface area contributed by atoms with E-state index in [1.807, 2.05) is 18.4 Å². The number of halogens is 1. The van der Waals surface area contributed by atoms with E-state index in [9.17, 15) is 8.42 Å². The first-order valence-electron chi connectivity index (χ1n) is 7.01. The standard InChI is InChI=1S/C14H19ClN4O3S/c1-9(2)19-8-16-17-14(19)10(3)18-23(20,21)11-5-6-13(22-4)12(15)7-11/h5-10,18H,1-4H3/t10-/m1/s1. The van der Waals surface area contributed by atoms with Crippen LogP contribution in [0.15, 0.2) is 29.4 Å². The van der Waals surface area contributed by atoms with E-state index in [2.05, 4.69) is 14.9 Å². The van der Waals surface area contributed by atoms with E-state index in [-0.39, 0.29) is 16.0 Å². The maximum absolute atomic E-state index is 12.5. The molecule has 0 aliphatic heterocycles. The fourth-order valence-corrected chi connectivity index (χ4v) is 3.68. The van der Waals surface area contributed by atoms with Crippen molar-refractivity contribution >= 4 is 21.6 Å². The second kappa shape index (κ2) is 6.86. The Kier molecular flexibility index (Phi) is 5.28. The van der Waals surface area contributed by atoms with Gasteiger partial charge < -0.3 is 9.30 Å². The van der Waals surface area contributed by atoms with E-state index in [1.54, 1.807) is 13.3 Å². The van der Waals surface area contributed by atoms with E-state index in [0.29, 0.717) is 11.6 Å². The van der Waals surface area contributed by atoms with Gasteiger partial charge >= 0.3 is 0 Å². The van der Waals surface area contributed by atoms with Crippen molar-refractivity contribution in [3.05, 3.63) is 35.4 Å². The number of hydrogen-bond acceptors (Lipinski definition) is 5. The monoisotopic (exact) mass is 358 g/mol. The minimum atomic E-state index is -3.75. The number of aromatic nitrogens is 3. The molecule has 0 spiro atoms. The Bertz CT molecular complexity index is 789. The highest BCUT2D eigenvalue weighted by molar-refractivity contribution is 7.89. The van der Waals surface area contributed by atoms with Crippen LogP contribution in [0.3, 0.4) is 0 Å². The number of nitrogens with zero attached hydrogens (tertiary/aromatic N) is 3. The van der Waals surface area contributed by atoms with Gasteiger partial charge in [-0.05, 0) is 39.0 Å². The zero-order chi connectivity index (χ0) is 17.2. The molecule has 0 aliphatic carbocycles. The molecule has 1 N–H and O–H groups in total. The Morgan fingerprint density at radius 1 is 1.30 bits per heavy atom. The van der Waals surface area contributed by atoms with Crippen molar-refractivity contribution in [2.75, 3.05) is 7.11 Å². The molecular weight excluding hydrogens is 340 g/mol. The molecule has 2 aromatic rings. The third-order valence-corrected chi connectivity index (χ3v) is 5.14. The van der Waals surface area contributed by atoms with Crippen LogP contribution in [0.4, 0.5) is 0 Å². The van der Waals surface area contributed by atoms with Gasteiger partial charge in [0.25, 0.3) is 0 Å². The molecule has 126 valence electrons. The number of methoxy groups -OCH3 is 1. The maximum Gasteiger partial charge on any atom is 0.241 e. The Morgan fingerprint density at radius 2 is 2.00 bits per heavy atom. The highest BCUT2D eigenvalue weighted by Crippen LogP contribution is 2.27. The summed E-state index contributed by atoms with van der Waals surface area (Å²) >= 11 is 5.99. The predicted octanol–water partition coefficient (Wildman–Crippen LogP) is 2.56. The number of rotatable bonds is 6.